The second kappa shape index (κ2) is 3.84. The molecule has 0 amide bonds. The summed E-state index contributed by atoms with van der Waals surface area (Å²) in [6, 6.07) is 3.10. The second-order valence-corrected chi connectivity index (χ2v) is 3.40. The van der Waals surface area contributed by atoms with Crippen molar-refractivity contribution in [3.63, 3.8) is 0 Å². The smallest absolute Gasteiger partial charge is 0.232 e. The highest BCUT2D eigenvalue weighted by atomic mass is 79.9. The third kappa shape index (κ3) is 2.23. The average Bonchev–Trinajstić information content (AvgIpc) is 2.07. The van der Waals surface area contributed by atoms with E-state index < -0.39 is 23.7 Å². The Morgan fingerprint density at radius 1 is 1.21 bits per heavy atom. The SMILES string of the molecule is Fc1c(Br)cccc1C(F)C(F)(F)F. The lowest BCUT2D eigenvalue weighted by Crippen LogP contribution is -2.17. The summed E-state index contributed by atoms with van der Waals surface area (Å²) in [4.78, 5) is 0. The molecule has 1 unspecified atom stereocenters. The van der Waals surface area contributed by atoms with E-state index in [9.17, 15) is 22.0 Å². The van der Waals surface area contributed by atoms with Crippen LogP contribution in [0.1, 0.15) is 11.7 Å². The van der Waals surface area contributed by atoms with Crippen LogP contribution in [-0.2, 0) is 0 Å². The molecule has 1 aromatic rings. The molecule has 6 heteroatoms. The molecule has 0 aliphatic heterocycles. The third-order valence-corrected chi connectivity index (χ3v) is 2.15. The summed E-state index contributed by atoms with van der Waals surface area (Å²) in [6.07, 6.45) is -8.37. The molecule has 0 saturated carbocycles. The van der Waals surface area contributed by atoms with E-state index in [1.54, 1.807) is 0 Å². The Morgan fingerprint density at radius 3 is 2.29 bits per heavy atom. The van der Waals surface area contributed by atoms with Crippen LogP contribution in [0.4, 0.5) is 22.0 Å². The molecule has 0 saturated heterocycles. The van der Waals surface area contributed by atoms with Crippen LogP contribution in [0.5, 0.6) is 0 Å². The minimum absolute atomic E-state index is 0.193. The summed E-state index contributed by atoms with van der Waals surface area (Å²) < 4.78 is 61.2. The first kappa shape index (κ1) is 11.4. The van der Waals surface area contributed by atoms with E-state index in [1.807, 2.05) is 0 Å². The van der Waals surface area contributed by atoms with E-state index in [-0.39, 0.29) is 4.47 Å². The van der Waals surface area contributed by atoms with Gasteiger partial charge in [0, 0.05) is 5.56 Å². The summed E-state index contributed by atoms with van der Waals surface area (Å²) >= 11 is 2.67. The van der Waals surface area contributed by atoms with Crippen molar-refractivity contribution in [2.24, 2.45) is 0 Å². The Hall–Kier alpha value is -0.650. The van der Waals surface area contributed by atoms with Crippen molar-refractivity contribution in [2.45, 2.75) is 12.3 Å². The van der Waals surface area contributed by atoms with Crippen molar-refractivity contribution in [1.82, 2.24) is 0 Å². The van der Waals surface area contributed by atoms with Gasteiger partial charge in [0.2, 0.25) is 6.17 Å². The molecule has 0 radical (unpaired) electrons. The second-order valence-electron chi connectivity index (χ2n) is 2.55. The van der Waals surface area contributed by atoms with Gasteiger partial charge in [0.15, 0.2) is 0 Å². The monoisotopic (exact) mass is 274 g/mol. The maximum Gasteiger partial charge on any atom is 0.424 e. The van der Waals surface area contributed by atoms with Gasteiger partial charge in [-0.2, -0.15) is 13.2 Å². The minimum atomic E-state index is -5.08. The van der Waals surface area contributed by atoms with E-state index in [0.29, 0.717) is 0 Å². The zero-order chi connectivity index (χ0) is 10.9. The van der Waals surface area contributed by atoms with E-state index in [1.165, 1.54) is 6.07 Å². The Morgan fingerprint density at radius 2 is 1.79 bits per heavy atom. The standard InChI is InChI=1S/C8H4BrF5/c9-5-3-1-2-4(6(5)10)7(11)8(12,13)14/h1-3,7H. The lowest BCUT2D eigenvalue weighted by Gasteiger charge is -2.13. The molecule has 78 valence electrons. The van der Waals surface area contributed by atoms with Gasteiger partial charge >= 0.3 is 6.18 Å². The number of alkyl halides is 4. The summed E-state index contributed by atoms with van der Waals surface area (Å²) in [6.45, 7) is 0. The highest BCUT2D eigenvalue weighted by molar-refractivity contribution is 9.10. The fraction of sp³-hybridized carbons (Fsp3) is 0.250. The van der Waals surface area contributed by atoms with E-state index in [2.05, 4.69) is 15.9 Å². The number of hydrogen-bond donors (Lipinski definition) is 0. The molecule has 1 rings (SSSR count). The Bertz CT molecular complexity index is 333. The first-order valence-corrected chi connectivity index (χ1v) is 4.28. The summed E-state index contributed by atoms with van der Waals surface area (Å²) in [7, 11) is 0. The number of hydrogen-bond acceptors (Lipinski definition) is 0. The molecule has 0 N–H and O–H groups in total. The minimum Gasteiger partial charge on any atom is -0.232 e. The molecule has 0 nitrogen and oxygen atoms in total. The van der Waals surface area contributed by atoms with Crippen LogP contribution in [0.3, 0.4) is 0 Å². The number of benzene rings is 1. The molecule has 1 atom stereocenters. The molecule has 0 aliphatic carbocycles. The van der Waals surface area contributed by atoms with Gasteiger partial charge in [0.25, 0.3) is 0 Å². The number of rotatable bonds is 1. The predicted octanol–water partition coefficient (Wildman–Crippen LogP) is 4.16. The molecular formula is C8H4BrF5. The van der Waals surface area contributed by atoms with Crippen LogP contribution in [0.15, 0.2) is 22.7 Å². The van der Waals surface area contributed by atoms with Crippen LogP contribution in [-0.4, -0.2) is 6.18 Å². The van der Waals surface area contributed by atoms with E-state index >= 15 is 0 Å². The van der Waals surface area contributed by atoms with Gasteiger partial charge in [-0.05, 0) is 22.0 Å². The molecule has 0 spiro atoms. The molecular weight excluding hydrogens is 271 g/mol. The lowest BCUT2D eigenvalue weighted by molar-refractivity contribution is -0.183. The van der Waals surface area contributed by atoms with Crippen LogP contribution >= 0.6 is 15.9 Å². The molecule has 0 aromatic heterocycles. The van der Waals surface area contributed by atoms with Crippen molar-refractivity contribution < 1.29 is 22.0 Å². The van der Waals surface area contributed by atoms with Gasteiger partial charge in [-0.3, -0.25) is 0 Å². The van der Waals surface area contributed by atoms with Crippen molar-refractivity contribution in [3.05, 3.63) is 34.1 Å². The van der Waals surface area contributed by atoms with E-state index in [0.717, 1.165) is 12.1 Å². The van der Waals surface area contributed by atoms with Gasteiger partial charge in [0.05, 0.1) is 4.47 Å². The van der Waals surface area contributed by atoms with Crippen molar-refractivity contribution in [1.29, 1.82) is 0 Å². The highest BCUT2D eigenvalue weighted by Crippen LogP contribution is 2.38. The van der Waals surface area contributed by atoms with Crippen molar-refractivity contribution >= 4 is 15.9 Å². The molecule has 0 fully saturated rings. The first-order valence-electron chi connectivity index (χ1n) is 3.48. The molecule has 0 bridgehead atoms. The van der Waals surface area contributed by atoms with Crippen LogP contribution < -0.4 is 0 Å². The normalized spacial score (nSPS) is 14.1. The zero-order valence-corrected chi connectivity index (χ0v) is 8.16. The Kier molecular flexibility index (Phi) is 3.14. The first-order chi connectivity index (χ1) is 6.34. The molecule has 1 aromatic carbocycles. The quantitative estimate of drug-likeness (QED) is 0.675. The van der Waals surface area contributed by atoms with Crippen molar-refractivity contribution in [3.8, 4) is 0 Å². The van der Waals surface area contributed by atoms with Gasteiger partial charge in [0.1, 0.15) is 5.82 Å². The van der Waals surface area contributed by atoms with Crippen LogP contribution in [0, 0.1) is 5.82 Å². The maximum absolute atomic E-state index is 13.0. The summed E-state index contributed by atoms with van der Waals surface area (Å²) in [5.41, 5.74) is -1.01. The highest BCUT2D eigenvalue weighted by Gasteiger charge is 2.42. The summed E-state index contributed by atoms with van der Waals surface area (Å²) in [5, 5.41) is 0. The fourth-order valence-corrected chi connectivity index (χ4v) is 1.27. The Labute approximate surface area is 84.9 Å². The topological polar surface area (TPSA) is 0 Å². The van der Waals surface area contributed by atoms with Gasteiger partial charge in [-0.25, -0.2) is 8.78 Å². The van der Waals surface area contributed by atoms with Gasteiger partial charge < -0.3 is 0 Å². The zero-order valence-electron chi connectivity index (χ0n) is 6.58. The predicted molar refractivity (Wildman–Crippen MR) is 44.0 cm³/mol. The largest absolute Gasteiger partial charge is 0.424 e. The third-order valence-electron chi connectivity index (χ3n) is 1.54. The van der Waals surface area contributed by atoms with Crippen LogP contribution in [0.2, 0.25) is 0 Å². The van der Waals surface area contributed by atoms with Gasteiger partial charge in [-0.1, -0.05) is 12.1 Å². The van der Waals surface area contributed by atoms with Crippen LogP contribution in [0.25, 0.3) is 0 Å². The summed E-state index contributed by atoms with van der Waals surface area (Å²) in [5.74, 6) is -1.22. The Balaban J connectivity index is 3.14. The van der Waals surface area contributed by atoms with Gasteiger partial charge in [-0.15, -0.1) is 0 Å². The lowest BCUT2D eigenvalue weighted by atomic mass is 10.1. The molecule has 0 heterocycles. The van der Waals surface area contributed by atoms with E-state index in [4.69, 9.17) is 0 Å². The van der Waals surface area contributed by atoms with Crippen molar-refractivity contribution in [2.75, 3.05) is 0 Å². The maximum atomic E-state index is 13.0. The molecule has 0 aliphatic rings. The average molecular weight is 275 g/mol. The fourth-order valence-electron chi connectivity index (χ4n) is 0.893. The molecule has 14 heavy (non-hydrogen) atoms. The number of halogens is 6.